The first-order chi connectivity index (χ1) is 7.40. The van der Waals surface area contributed by atoms with Gasteiger partial charge in [-0.2, -0.15) is 4.79 Å². The number of hydrogen-bond donors (Lipinski definition) is 1. The molecule has 0 unspecified atom stereocenters. The maximum atomic E-state index is 8.81. The van der Waals surface area contributed by atoms with Gasteiger partial charge < -0.3 is 10.8 Å². The van der Waals surface area contributed by atoms with Gasteiger partial charge in [0.1, 0.15) is 5.70 Å². The molecule has 15 heavy (non-hydrogen) atoms. The zero-order valence-electron chi connectivity index (χ0n) is 8.22. The molecule has 1 aromatic rings. The molecule has 0 atom stereocenters. The van der Waals surface area contributed by atoms with Crippen LogP contribution >= 0.6 is 0 Å². The summed E-state index contributed by atoms with van der Waals surface area (Å²) in [5.41, 5.74) is 11.3. The number of hydrogen-bond acceptors (Lipinski definition) is 1. The molecule has 2 rings (SSSR count). The molecule has 0 fully saturated rings. The number of para-hydroxylation sites is 1. The van der Waals surface area contributed by atoms with E-state index in [0.717, 1.165) is 11.4 Å². The molecule has 0 bridgehead atoms. The number of anilines is 1. The van der Waals surface area contributed by atoms with Crippen molar-refractivity contribution in [3.63, 3.8) is 0 Å². The second-order valence-electron chi connectivity index (χ2n) is 3.25. The highest BCUT2D eigenvalue weighted by Crippen LogP contribution is 2.13. The zero-order valence-corrected chi connectivity index (χ0v) is 8.22. The first kappa shape index (κ1) is 9.44. The van der Waals surface area contributed by atoms with Crippen LogP contribution in [0.15, 0.2) is 54.3 Å². The van der Waals surface area contributed by atoms with Crippen molar-refractivity contribution in [2.24, 2.45) is 0 Å². The summed E-state index contributed by atoms with van der Waals surface area (Å²) >= 11 is 0. The molecule has 1 aliphatic carbocycles. The van der Waals surface area contributed by atoms with Gasteiger partial charge in [-0.05, 0) is 18.2 Å². The summed E-state index contributed by atoms with van der Waals surface area (Å²) in [6.45, 7) is 0. The molecule has 3 nitrogen and oxygen atoms in total. The van der Waals surface area contributed by atoms with Crippen molar-refractivity contribution in [2.45, 2.75) is 6.42 Å². The highest BCUT2D eigenvalue weighted by Gasteiger charge is 2.15. The number of allylic oxidation sites excluding steroid dienone is 4. The van der Waals surface area contributed by atoms with E-state index in [4.69, 9.17) is 5.53 Å². The highest BCUT2D eigenvalue weighted by molar-refractivity contribution is 6.00. The first-order valence-corrected chi connectivity index (χ1v) is 4.80. The summed E-state index contributed by atoms with van der Waals surface area (Å²) in [5, 5.41) is 3.20. The van der Waals surface area contributed by atoms with E-state index in [9.17, 15) is 0 Å². The van der Waals surface area contributed by atoms with Crippen LogP contribution in [0.5, 0.6) is 0 Å². The normalized spacial score (nSPS) is 14.4. The Morgan fingerprint density at radius 1 is 1.20 bits per heavy atom. The summed E-state index contributed by atoms with van der Waals surface area (Å²) in [6.07, 6.45) is 6.44. The molecule has 74 valence electrons. The fourth-order valence-electron chi connectivity index (χ4n) is 1.44. The summed E-state index contributed by atoms with van der Waals surface area (Å²) < 4.78 is 0. The quantitative estimate of drug-likeness (QED) is 0.575. The molecule has 0 aliphatic heterocycles. The van der Waals surface area contributed by atoms with Crippen LogP contribution in [0.2, 0.25) is 0 Å². The standard InChI is InChI=1S/C12H11N3/c13-15-12-9-5-4-8-11(12)14-10-6-2-1-3-7-10/h1-8,14H,9H2. The molecular formula is C12H11N3. The Bertz CT molecular complexity index is 451. The lowest BCUT2D eigenvalue weighted by molar-refractivity contribution is -0.00633. The predicted octanol–water partition coefficient (Wildman–Crippen LogP) is 2.61. The van der Waals surface area contributed by atoms with Gasteiger partial charge in [-0.15, -0.1) is 0 Å². The van der Waals surface area contributed by atoms with Crippen LogP contribution in [0.3, 0.4) is 0 Å². The maximum absolute atomic E-state index is 8.81. The number of nitrogens with zero attached hydrogens (tertiary/aromatic N) is 2. The van der Waals surface area contributed by atoms with E-state index in [1.54, 1.807) is 0 Å². The van der Waals surface area contributed by atoms with Crippen LogP contribution in [0.4, 0.5) is 5.69 Å². The second kappa shape index (κ2) is 4.40. The molecule has 1 aromatic carbocycles. The van der Waals surface area contributed by atoms with Crippen LogP contribution in [0.1, 0.15) is 6.42 Å². The predicted molar refractivity (Wildman–Crippen MR) is 60.5 cm³/mol. The van der Waals surface area contributed by atoms with Gasteiger partial charge in [0.15, 0.2) is 0 Å². The van der Waals surface area contributed by atoms with E-state index < -0.39 is 0 Å². The average molecular weight is 197 g/mol. The minimum atomic E-state index is 0.654. The highest BCUT2D eigenvalue weighted by atomic mass is 14.9. The van der Waals surface area contributed by atoms with Gasteiger partial charge in [0.05, 0.1) is 6.42 Å². The van der Waals surface area contributed by atoms with E-state index in [-0.39, 0.29) is 0 Å². The number of nitrogens with one attached hydrogen (secondary N) is 1. The van der Waals surface area contributed by atoms with Crippen LogP contribution in [0.25, 0.3) is 5.53 Å². The van der Waals surface area contributed by atoms with Gasteiger partial charge in [-0.3, -0.25) is 0 Å². The summed E-state index contributed by atoms with van der Waals surface area (Å²) in [7, 11) is 0. The molecule has 0 saturated heterocycles. The third kappa shape index (κ3) is 2.22. The van der Waals surface area contributed by atoms with E-state index in [1.807, 2.05) is 48.6 Å². The monoisotopic (exact) mass is 197 g/mol. The molecule has 0 aromatic heterocycles. The lowest BCUT2D eigenvalue weighted by atomic mass is 10.1. The molecule has 1 N–H and O–H groups in total. The average Bonchev–Trinajstić information content (AvgIpc) is 2.31. The first-order valence-electron chi connectivity index (χ1n) is 4.80. The van der Waals surface area contributed by atoms with E-state index in [2.05, 4.69) is 10.1 Å². The largest absolute Gasteiger partial charge is 0.361 e. The van der Waals surface area contributed by atoms with Gasteiger partial charge in [-0.1, -0.05) is 30.4 Å². The van der Waals surface area contributed by atoms with Crippen LogP contribution < -0.4 is 5.32 Å². The van der Waals surface area contributed by atoms with Crippen molar-refractivity contribution < 1.29 is 4.79 Å². The van der Waals surface area contributed by atoms with Gasteiger partial charge in [-0.25, -0.2) is 0 Å². The Labute approximate surface area is 88.4 Å². The van der Waals surface area contributed by atoms with Gasteiger partial charge in [0.25, 0.3) is 0 Å². The molecular weight excluding hydrogens is 186 g/mol. The lowest BCUT2D eigenvalue weighted by Crippen LogP contribution is -2.13. The Kier molecular flexibility index (Phi) is 2.77. The van der Waals surface area contributed by atoms with Crippen LogP contribution in [0, 0.1) is 0 Å². The third-order valence-corrected chi connectivity index (χ3v) is 2.19. The molecule has 0 radical (unpaired) electrons. The zero-order chi connectivity index (χ0) is 10.5. The summed E-state index contributed by atoms with van der Waals surface area (Å²) in [5.74, 6) is 0. The summed E-state index contributed by atoms with van der Waals surface area (Å²) in [4.78, 5) is 3.26. The summed E-state index contributed by atoms with van der Waals surface area (Å²) in [6, 6.07) is 9.80. The molecule has 3 heteroatoms. The molecule has 0 heterocycles. The van der Waals surface area contributed by atoms with Gasteiger partial charge in [0.2, 0.25) is 0 Å². The van der Waals surface area contributed by atoms with Crippen LogP contribution in [-0.2, 0) is 0 Å². The Balaban J connectivity index is 2.22. The SMILES string of the molecule is [N-]=[N+]=C1CC=CC=C1Nc1ccccc1. The van der Waals surface area contributed by atoms with Crippen molar-refractivity contribution in [3.8, 4) is 0 Å². The van der Waals surface area contributed by atoms with Crippen molar-refractivity contribution in [1.29, 1.82) is 0 Å². The Morgan fingerprint density at radius 2 is 2.00 bits per heavy atom. The van der Waals surface area contributed by atoms with Crippen molar-refractivity contribution >= 4 is 11.4 Å². The van der Waals surface area contributed by atoms with Crippen molar-refractivity contribution in [1.82, 2.24) is 0 Å². The number of rotatable bonds is 2. The molecule has 0 amide bonds. The molecule has 0 spiro atoms. The minimum Gasteiger partial charge on any atom is -0.361 e. The Morgan fingerprint density at radius 3 is 2.73 bits per heavy atom. The maximum Gasteiger partial charge on any atom is 0.318 e. The second-order valence-corrected chi connectivity index (χ2v) is 3.25. The topological polar surface area (TPSA) is 48.4 Å². The van der Waals surface area contributed by atoms with E-state index >= 15 is 0 Å². The third-order valence-electron chi connectivity index (χ3n) is 2.19. The smallest absolute Gasteiger partial charge is 0.318 e. The minimum absolute atomic E-state index is 0.654. The van der Waals surface area contributed by atoms with E-state index in [1.165, 1.54) is 0 Å². The molecule has 0 saturated carbocycles. The van der Waals surface area contributed by atoms with Crippen molar-refractivity contribution in [2.75, 3.05) is 5.32 Å². The Hall–Kier alpha value is -2.12. The lowest BCUT2D eigenvalue weighted by Gasteiger charge is -2.08. The molecule has 1 aliphatic rings. The number of benzene rings is 1. The fourth-order valence-corrected chi connectivity index (χ4v) is 1.44. The van der Waals surface area contributed by atoms with Gasteiger partial charge >= 0.3 is 5.71 Å². The van der Waals surface area contributed by atoms with E-state index in [0.29, 0.717) is 12.1 Å². The van der Waals surface area contributed by atoms with Gasteiger partial charge in [0, 0.05) is 5.69 Å². The van der Waals surface area contributed by atoms with Crippen LogP contribution in [-0.4, -0.2) is 10.5 Å². The van der Waals surface area contributed by atoms with Crippen molar-refractivity contribution in [3.05, 3.63) is 59.8 Å². The fraction of sp³-hybridized carbons (Fsp3) is 0.0833.